The van der Waals surface area contributed by atoms with E-state index in [0.717, 1.165) is 11.1 Å². The molecule has 2 aromatic carbocycles. The highest BCUT2D eigenvalue weighted by Gasteiger charge is 2.69. The van der Waals surface area contributed by atoms with Gasteiger partial charge in [-0.05, 0) is 182 Å². The van der Waals surface area contributed by atoms with Crippen LogP contribution in [0.25, 0.3) is 11.1 Å². The minimum atomic E-state index is -0.224. The number of aliphatic hydroxyl groups excluding tert-OH is 2. The van der Waals surface area contributed by atoms with Crippen molar-refractivity contribution >= 4 is 22.5 Å². The predicted molar refractivity (Wildman–Crippen MR) is 259 cm³/mol. The van der Waals surface area contributed by atoms with Gasteiger partial charge >= 0.3 is 0 Å². The highest BCUT2D eigenvalue weighted by Crippen LogP contribution is 2.72. The summed E-state index contributed by atoms with van der Waals surface area (Å²) in [6, 6.07) is 0. The van der Waals surface area contributed by atoms with Gasteiger partial charge in [-0.3, -0.25) is 0 Å². The minimum Gasteiger partial charge on any atom is -0.506 e. The normalized spacial score (nSPS) is 27.9. The van der Waals surface area contributed by atoms with E-state index in [0.29, 0.717) is 11.1 Å². The average Bonchev–Trinajstić information content (AvgIpc) is 3.04. The molecule has 0 unspecified atom stereocenters. The molecule has 4 aliphatic heterocycles. The fourth-order valence-corrected chi connectivity index (χ4v) is 15.1. The standard InChI is InChI=1S/C56H86N2O2/c1-29-33(30(2)38-41-37(29)45(5,6)49(13,14)53(21,22)57(41)54(23,24)50(15,16)46(38,7)8)35-43(59)36(44(35)60)34-31(3)39-42-40(32(34)4)48(11,12)52(19,20)56(27,28)58(42)55(25,26)51(17,18)47(39,9)10/h59-60H,1-28H3. The van der Waals surface area contributed by atoms with Crippen LogP contribution in [0.1, 0.15) is 222 Å². The fraction of sp³-hybridized carbons (Fsp3) is 0.714. The number of hydrogen-bond donors (Lipinski definition) is 2. The summed E-state index contributed by atoms with van der Waals surface area (Å²) in [5, 5.41) is 25.8. The molecule has 0 radical (unpaired) electrons. The largest absolute Gasteiger partial charge is 0.506 e. The second-order valence-corrected chi connectivity index (χ2v) is 26.8. The summed E-state index contributed by atoms with van der Waals surface area (Å²) in [5.41, 5.74) is 13.9. The quantitative estimate of drug-likeness (QED) is 0.317. The van der Waals surface area contributed by atoms with E-state index in [9.17, 15) is 10.2 Å². The van der Waals surface area contributed by atoms with Crippen LogP contribution in [0.2, 0.25) is 0 Å². The second-order valence-electron chi connectivity index (χ2n) is 26.8. The average molecular weight is 819 g/mol. The van der Waals surface area contributed by atoms with Crippen LogP contribution < -0.4 is 9.80 Å². The predicted octanol–water partition coefficient (Wildman–Crippen LogP) is 15.2. The lowest BCUT2D eigenvalue weighted by molar-refractivity contribution is 0.000252. The maximum absolute atomic E-state index is 12.9. The van der Waals surface area contributed by atoms with Crippen molar-refractivity contribution in [3.05, 3.63) is 67.2 Å². The molecule has 0 spiro atoms. The molecule has 4 nitrogen and oxygen atoms in total. The van der Waals surface area contributed by atoms with Gasteiger partial charge in [0.2, 0.25) is 0 Å². The summed E-state index contributed by atoms with van der Waals surface area (Å²) < 4.78 is 0. The monoisotopic (exact) mass is 819 g/mol. The molecule has 1 aliphatic carbocycles. The van der Waals surface area contributed by atoms with E-state index in [-0.39, 0.29) is 77.0 Å². The first-order valence-electron chi connectivity index (χ1n) is 23.3. The lowest BCUT2D eigenvalue weighted by atomic mass is 9.44. The molecule has 0 bridgehead atoms. The minimum absolute atomic E-state index is 0.133. The topological polar surface area (TPSA) is 46.9 Å². The molecule has 0 saturated heterocycles. The SMILES string of the molecule is Cc1c(C2=C(O)C(c3c(C)c4c5c(c3C)C(C)(C)C(C)(C)C(C)(C)N5C(C)(C)C(C)(C)C4(C)C)=C2O)c(C)c2c3c1C(C)(C)C(C)(C)C(C)(C)N3C(C)(C)C(C)(C)C2(C)C. The smallest absolute Gasteiger partial charge is 0.138 e. The van der Waals surface area contributed by atoms with E-state index in [4.69, 9.17) is 0 Å². The maximum Gasteiger partial charge on any atom is 0.138 e. The number of aliphatic hydroxyl groups is 2. The molecular weight excluding hydrogens is 733 g/mol. The van der Waals surface area contributed by atoms with Gasteiger partial charge in [-0.15, -0.1) is 0 Å². The van der Waals surface area contributed by atoms with Crippen LogP contribution in [0.5, 0.6) is 0 Å². The molecule has 0 fully saturated rings. The van der Waals surface area contributed by atoms with Crippen LogP contribution >= 0.6 is 0 Å². The number of allylic oxidation sites excluding steroid dienone is 2. The van der Waals surface area contributed by atoms with E-state index in [1.165, 1.54) is 55.9 Å². The highest BCUT2D eigenvalue weighted by atomic mass is 16.3. The van der Waals surface area contributed by atoms with Crippen molar-refractivity contribution in [1.82, 2.24) is 0 Å². The summed E-state index contributed by atoms with van der Waals surface area (Å²) in [6.07, 6.45) is 0. The van der Waals surface area contributed by atoms with Gasteiger partial charge in [0.25, 0.3) is 0 Å². The van der Waals surface area contributed by atoms with Crippen molar-refractivity contribution in [2.24, 2.45) is 21.7 Å². The fourth-order valence-electron chi connectivity index (χ4n) is 15.1. The number of nitrogens with zero attached hydrogens (tertiary/aromatic N) is 2. The molecule has 4 heterocycles. The van der Waals surface area contributed by atoms with Gasteiger partial charge in [-0.25, -0.2) is 0 Å². The Morgan fingerprint density at radius 3 is 0.633 bits per heavy atom. The van der Waals surface area contributed by atoms with Gasteiger partial charge in [0.15, 0.2) is 0 Å². The Balaban J connectivity index is 1.60. The zero-order chi connectivity index (χ0) is 46.4. The Morgan fingerprint density at radius 2 is 0.467 bits per heavy atom. The molecule has 0 saturated carbocycles. The Morgan fingerprint density at radius 1 is 0.300 bits per heavy atom. The summed E-state index contributed by atoms with van der Waals surface area (Å²) in [4.78, 5) is 5.59. The molecule has 2 N–H and O–H groups in total. The summed E-state index contributed by atoms with van der Waals surface area (Å²) in [5.74, 6) is 0.446. The van der Waals surface area contributed by atoms with Crippen molar-refractivity contribution in [2.45, 2.75) is 238 Å². The lowest BCUT2D eigenvalue weighted by Crippen LogP contribution is -2.76. The molecule has 0 atom stereocenters. The first kappa shape index (κ1) is 45.2. The molecule has 60 heavy (non-hydrogen) atoms. The van der Waals surface area contributed by atoms with Gasteiger partial charge < -0.3 is 20.0 Å². The first-order chi connectivity index (χ1) is 26.4. The van der Waals surface area contributed by atoms with Crippen molar-refractivity contribution in [2.75, 3.05) is 9.80 Å². The Labute approximate surface area is 367 Å². The van der Waals surface area contributed by atoms with E-state index in [1.807, 2.05) is 0 Å². The van der Waals surface area contributed by atoms with Crippen LogP contribution in [-0.2, 0) is 21.7 Å². The third-order valence-corrected chi connectivity index (χ3v) is 22.9. The summed E-state index contributed by atoms with van der Waals surface area (Å²) >= 11 is 0. The van der Waals surface area contributed by atoms with Crippen molar-refractivity contribution in [3.8, 4) is 0 Å². The number of anilines is 2. The maximum atomic E-state index is 12.9. The molecule has 2 aromatic rings. The second kappa shape index (κ2) is 11.2. The Kier molecular flexibility index (Phi) is 8.46. The van der Waals surface area contributed by atoms with Gasteiger partial charge in [-0.1, -0.05) is 111 Å². The van der Waals surface area contributed by atoms with Crippen LogP contribution in [0.3, 0.4) is 0 Å². The highest BCUT2D eigenvalue weighted by molar-refractivity contribution is 6.09. The number of benzene rings is 2. The molecule has 7 rings (SSSR count). The van der Waals surface area contributed by atoms with Crippen molar-refractivity contribution < 1.29 is 10.2 Å². The zero-order valence-electron chi connectivity index (χ0n) is 43.8. The summed E-state index contributed by atoms with van der Waals surface area (Å²) in [7, 11) is 0. The molecular formula is C56H86N2O2. The van der Waals surface area contributed by atoms with Crippen LogP contribution in [0, 0.1) is 49.4 Å². The molecule has 0 amide bonds. The van der Waals surface area contributed by atoms with E-state index < -0.39 is 0 Å². The van der Waals surface area contributed by atoms with Gasteiger partial charge in [0.1, 0.15) is 11.5 Å². The van der Waals surface area contributed by atoms with E-state index in [1.54, 1.807) is 0 Å². The van der Waals surface area contributed by atoms with E-state index in [2.05, 4.69) is 204 Å². The van der Waals surface area contributed by atoms with E-state index >= 15 is 0 Å². The number of hydrogen-bond acceptors (Lipinski definition) is 4. The first-order valence-corrected chi connectivity index (χ1v) is 23.3. The van der Waals surface area contributed by atoms with Crippen LogP contribution in [0.4, 0.5) is 11.4 Å². The third-order valence-electron chi connectivity index (χ3n) is 22.9. The van der Waals surface area contributed by atoms with Crippen molar-refractivity contribution in [3.63, 3.8) is 0 Å². The molecule has 0 aromatic heterocycles. The molecule has 332 valence electrons. The van der Waals surface area contributed by atoms with Gasteiger partial charge in [-0.2, -0.15) is 0 Å². The van der Waals surface area contributed by atoms with Crippen LogP contribution in [-0.4, -0.2) is 32.4 Å². The lowest BCUT2D eigenvalue weighted by Gasteiger charge is -2.73. The van der Waals surface area contributed by atoms with Crippen molar-refractivity contribution in [1.29, 1.82) is 0 Å². The third kappa shape index (κ3) is 4.15. The molecule has 4 heteroatoms. The zero-order valence-corrected chi connectivity index (χ0v) is 43.8. The number of rotatable bonds is 2. The van der Waals surface area contributed by atoms with Gasteiger partial charge in [0, 0.05) is 33.5 Å². The Bertz CT molecular complexity index is 2080. The van der Waals surface area contributed by atoms with Crippen LogP contribution in [0.15, 0.2) is 11.5 Å². The van der Waals surface area contributed by atoms with Gasteiger partial charge in [0.05, 0.1) is 11.1 Å². The Hall–Kier alpha value is -2.88. The molecule has 5 aliphatic rings. The summed E-state index contributed by atoms with van der Waals surface area (Å²) in [6.45, 7) is 67.9.